The van der Waals surface area contributed by atoms with Gasteiger partial charge in [-0.3, -0.25) is 9.59 Å². The third-order valence-electron chi connectivity index (χ3n) is 4.37. The summed E-state index contributed by atoms with van der Waals surface area (Å²) in [5, 5.41) is 6.25. The van der Waals surface area contributed by atoms with Gasteiger partial charge in [0.15, 0.2) is 0 Å². The van der Waals surface area contributed by atoms with Crippen LogP contribution in [0.5, 0.6) is 0 Å². The smallest absolute Gasteiger partial charge is 0.239 e. The molecule has 0 bridgehead atoms. The fraction of sp³-hybridized carbons (Fsp3) is 0.867. The Labute approximate surface area is 121 Å². The van der Waals surface area contributed by atoms with Gasteiger partial charge in [0.2, 0.25) is 11.8 Å². The molecule has 2 saturated heterocycles. The summed E-state index contributed by atoms with van der Waals surface area (Å²) in [5.74, 6) is 0.490. The van der Waals surface area contributed by atoms with E-state index in [1.54, 1.807) is 0 Å². The Hall–Kier alpha value is -1.10. The Morgan fingerprint density at radius 1 is 1.25 bits per heavy atom. The molecule has 0 aliphatic carbocycles. The van der Waals surface area contributed by atoms with Crippen LogP contribution in [0.3, 0.4) is 0 Å². The molecule has 0 aromatic heterocycles. The lowest BCUT2D eigenvalue weighted by Gasteiger charge is -2.33. The number of amides is 2. The minimum Gasteiger partial charge on any atom is -0.356 e. The van der Waals surface area contributed by atoms with Crippen LogP contribution in [0.2, 0.25) is 0 Å². The van der Waals surface area contributed by atoms with Gasteiger partial charge in [-0.05, 0) is 38.6 Å². The van der Waals surface area contributed by atoms with Gasteiger partial charge in [0.25, 0.3) is 0 Å². The van der Waals surface area contributed by atoms with Crippen LogP contribution in [-0.2, 0) is 9.59 Å². The number of nitrogens with zero attached hydrogens (tertiary/aromatic N) is 1. The van der Waals surface area contributed by atoms with E-state index in [4.69, 9.17) is 0 Å². The summed E-state index contributed by atoms with van der Waals surface area (Å²) in [5.41, 5.74) is 0. The summed E-state index contributed by atoms with van der Waals surface area (Å²) >= 11 is 0. The topological polar surface area (TPSA) is 61.4 Å². The van der Waals surface area contributed by atoms with Crippen molar-refractivity contribution < 1.29 is 9.59 Å². The first-order chi connectivity index (χ1) is 9.72. The minimum absolute atomic E-state index is 0.0185. The predicted molar refractivity (Wildman–Crippen MR) is 78.2 cm³/mol. The van der Waals surface area contributed by atoms with E-state index in [0.717, 1.165) is 64.7 Å². The number of nitrogens with one attached hydrogen (secondary N) is 2. The molecule has 1 atom stereocenters. The average molecular weight is 281 g/mol. The molecule has 2 rings (SSSR count). The van der Waals surface area contributed by atoms with Crippen LogP contribution in [0.15, 0.2) is 0 Å². The van der Waals surface area contributed by atoms with Gasteiger partial charge in [0.05, 0.1) is 6.04 Å². The number of hydrogen-bond donors (Lipinski definition) is 2. The van der Waals surface area contributed by atoms with Gasteiger partial charge >= 0.3 is 0 Å². The van der Waals surface area contributed by atoms with Crippen LogP contribution in [0.4, 0.5) is 0 Å². The van der Waals surface area contributed by atoms with E-state index in [1.165, 1.54) is 0 Å². The average Bonchev–Trinajstić information content (AvgIpc) is 3.01. The summed E-state index contributed by atoms with van der Waals surface area (Å²) in [4.78, 5) is 26.2. The van der Waals surface area contributed by atoms with Crippen molar-refractivity contribution >= 4 is 11.8 Å². The highest BCUT2D eigenvalue weighted by Gasteiger charge is 2.31. The van der Waals surface area contributed by atoms with Crippen LogP contribution in [-0.4, -0.2) is 48.9 Å². The third-order valence-corrected chi connectivity index (χ3v) is 4.37. The lowest BCUT2D eigenvalue weighted by molar-refractivity contribution is -0.137. The Morgan fingerprint density at radius 2 is 2.00 bits per heavy atom. The molecule has 2 heterocycles. The van der Waals surface area contributed by atoms with Crippen molar-refractivity contribution in [2.24, 2.45) is 5.92 Å². The zero-order chi connectivity index (χ0) is 14.4. The van der Waals surface area contributed by atoms with E-state index < -0.39 is 0 Å². The van der Waals surface area contributed by atoms with E-state index in [0.29, 0.717) is 0 Å². The second-order valence-corrected chi connectivity index (χ2v) is 5.89. The minimum atomic E-state index is 0.0185. The molecule has 5 nitrogen and oxygen atoms in total. The summed E-state index contributed by atoms with van der Waals surface area (Å²) in [6, 6.07) is 0.0185. The molecule has 20 heavy (non-hydrogen) atoms. The van der Waals surface area contributed by atoms with Crippen molar-refractivity contribution in [3.8, 4) is 0 Å². The van der Waals surface area contributed by atoms with Crippen LogP contribution in [0.1, 0.15) is 45.4 Å². The molecule has 0 spiro atoms. The number of carbonyl (C=O) groups excluding carboxylic acids is 2. The lowest BCUT2D eigenvalue weighted by atomic mass is 9.95. The standard InChI is InChI=1S/C15H27N3O2/c1-2-3-8-17-14(19)12-6-10-18(11-7-12)15(20)13-5-4-9-16-13/h12-13,16H,2-11H2,1H3,(H,17,19)/t13-/m1/s1. The third kappa shape index (κ3) is 3.95. The van der Waals surface area contributed by atoms with Gasteiger partial charge in [0, 0.05) is 25.6 Å². The number of piperidine rings is 1. The summed E-state index contributed by atoms with van der Waals surface area (Å²) < 4.78 is 0. The predicted octanol–water partition coefficient (Wildman–Crippen LogP) is 0.893. The first-order valence-electron chi connectivity index (χ1n) is 8.02. The second kappa shape index (κ2) is 7.62. The molecular formula is C15H27N3O2. The van der Waals surface area contributed by atoms with Crippen LogP contribution in [0.25, 0.3) is 0 Å². The van der Waals surface area contributed by atoms with Crippen LogP contribution < -0.4 is 10.6 Å². The summed E-state index contributed by atoms with van der Waals surface area (Å²) in [6.45, 7) is 5.30. The molecule has 0 unspecified atom stereocenters. The van der Waals surface area contributed by atoms with Crippen LogP contribution >= 0.6 is 0 Å². The highest BCUT2D eigenvalue weighted by Crippen LogP contribution is 2.19. The first kappa shape index (κ1) is 15.3. The van der Waals surface area contributed by atoms with Crippen molar-refractivity contribution in [2.45, 2.75) is 51.5 Å². The van der Waals surface area contributed by atoms with Crippen molar-refractivity contribution in [1.82, 2.24) is 15.5 Å². The molecular weight excluding hydrogens is 254 g/mol. The molecule has 0 radical (unpaired) electrons. The zero-order valence-corrected chi connectivity index (χ0v) is 12.5. The normalized spacial score (nSPS) is 23.9. The number of carbonyl (C=O) groups is 2. The van der Waals surface area contributed by atoms with Gasteiger partial charge in [-0.2, -0.15) is 0 Å². The molecule has 0 aromatic carbocycles. The fourth-order valence-corrected chi connectivity index (χ4v) is 3.01. The highest BCUT2D eigenvalue weighted by atomic mass is 16.2. The van der Waals surface area contributed by atoms with Gasteiger partial charge in [0.1, 0.15) is 0 Å². The first-order valence-corrected chi connectivity index (χ1v) is 8.02. The lowest BCUT2D eigenvalue weighted by Crippen LogP contribution is -2.48. The highest BCUT2D eigenvalue weighted by molar-refractivity contribution is 5.83. The van der Waals surface area contributed by atoms with Gasteiger partial charge in [-0.1, -0.05) is 13.3 Å². The molecule has 2 N–H and O–H groups in total. The second-order valence-electron chi connectivity index (χ2n) is 5.89. The monoisotopic (exact) mass is 281 g/mol. The van der Waals surface area contributed by atoms with E-state index in [1.807, 2.05) is 4.90 Å². The summed E-state index contributed by atoms with van der Waals surface area (Å²) in [6.07, 6.45) is 5.79. The van der Waals surface area contributed by atoms with E-state index in [9.17, 15) is 9.59 Å². The number of rotatable bonds is 5. The molecule has 2 fully saturated rings. The number of unbranched alkanes of at least 4 members (excludes halogenated alkanes) is 1. The quantitative estimate of drug-likeness (QED) is 0.736. The maximum absolute atomic E-state index is 12.3. The number of likely N-dealkylation sites (tertiary alicyclic amines) is 1. The van der Waals surface area contributed by atoms with Crippen molar-refractivity contribution in [2.75, 3.05) is 26.2 Å². The van der Waals surface area contributed by atoms with Crippen molar-refractivity contribution in [3.63, 3.8) is 0 Å². The fourth-order valence-electron chi connectivity index (χ4n) is 3.01. The van der Waals surface area contributed by atoms with E-state index >= 15 is 0 Å². The molecule has 0 aromatic rings. The molecule has 114 valence electrons. The molecule has 2 amide bonds. The summed E-state index contributed by atoms with van der Waals surface area (Å²) in [7, 11) is 0. The molecule has 2 aliphatic heterocycles. The Balaban J connectivity index is 1.71. The largest absolute Gasteiger partial charge is 0.356 e. The molecule has 5 heteroatoms. The van der Waals surface area contributed by atoms with Gasteiger partial charge in [-0.25, -0.2) is 0 Å². The van der Waals surface area contributed by atoms with Gasteiger partial charge in [-0.15, -0.1) is 0 Å². The maximum Gasteiger partial charge on any atom is 0.239 e. The Morgan fingerprint density at radius 3 is 2.60 bits per heavy atom. The molecule has 2 aliphatic rings. The SMILES string of the molecule is CCCCNC(=O)C1CCN(C(=O)[C@H]2CCCN2)CC1. The Kier molecular flexibility index (Phi) is 5.83. The van der Waals surface area contributed by atoms with E-state index in [2.05, 4.69) is 17.6 Å². The number of hydrogen-bond acceptors (Lipinski definition) is 3. The maximum atomic E-state index is 12.3. The Bertz CT molecular complexity index is 332. The van der Waals surface area contributed by atoms with Gasteiger partial charge < -0.3 is 15.5 Å². The van der Waals surface area contributed by atoms with E-state index in [-0.39, 0.29) is 23.8 Å². The zero-order valence-electron chi connectivity index (χ0n) is 12.5. The van der Waals surface area contributed by atoms with Crippen LogP contribution in [0, 0.1) is 5.92 Å². The van der Waals surface area contributed by atoms with Crippen molar-refractivity contribution in [1.29, 1.82) is 0 Å². The van der Waals surface area contributed by atoms with Crippen molar-refractivity contribution in [3.05, 3.63) is 0 Å². The molecule has 0 saturated carbocycles.